The Kier molecular flexibility index (Phi) is 4.82. The molecule has 2 aromatic carbocycles. The molecule has 3 rings (SSSR count). The van der Waals surface area contributed by atoms with Crippen molar-refractivity contribution in [2.75, 3.05) is 12.3 Å². The molecule has 0 unspecified atom stereocenters. The van der Waals surface area contributed by atoms with Crippen LogP contribution in [0.2, 0.25) is 0 Å². The number of carbonyl (C=O) groups is 1. The van der Waals surface area contributed by atoms with Crippen molar-refractivity contribution in [1.82, 2.24) is 10.3 Å². The van der Waals surface area contributed by atoms with Crippen molar-refractivity contribution < 1.29 is 17.6 Å². The fourth-order valence-electron chi connectivity index (χ4n) is 2.83. The molecule has 0 aliphatic rings. The second-order valence-corrected chi connectivity index (χ2v) is 8.24. The molecular weight excluding hydrogens is 355 g/mol. The third-order valence-corrected chi connectivity index (χ3v) is 6.15. The van der Waals surface area contributed by atoms with Gasteiger partial charge >= 0.3 is 0 Å². The predicted molar refractivity (Wildman–Crippen MR) is 98.6 cm³/mol. The largest absolute Gasteiger partial charge is 0.358 e. The minimum atomic E-state index is -3.59. The number of H-pyrrole nitrogens is 1. The summed E-state index contributed by atoms with van der Waals surface area (Å²) in [6.07, 6.45) is 0. The number of sulfone groups is 1. The van der Waals surface area contributed by atoms with Crippen molar-refractivity contribution in [2.45, 2.75) is 18.7 Å². The maximum absolute atomic E-state index is 12.9. The Balaban J connectivity index is 1.72. The standard InChI is InChI=1S/C19H19FN2O3S/c1-12-13(2)22-18-16(12)4-3-5-17(18)19(23)21-10-11-26(24,25)15-8-6-14(20)7-9-15/h3-9,22H,10-11H2,1-2H3,(H,21,23). The predicted octanol–water partition coefficient (Wildman–Crippen LogP) is 3.13. The zero-order valence-electron chi connectivity index (χ0n) is 14.5. The topological polar surface area (TPSA) is 79.0 Å². The van der Waals surface area contributed by atoms with E-state index in [1.807, 2.05) is 19.9 Å². The van der Waals surface area contributed by atoms with Crippen molar-refractivity contribution >= 4 is 26.6 Å². The normalized spacial score (nSPS) is 11.7. The summed E-state index contributed by atoms with van der Waals surface area (Å²) in [6.45, 7) is 3.88. The number of nitrogens with one attached hydrogen (secondary N) is 2. The molecule has 2 N–H and O–H groups in total. The van der Waals surface area contributed by atoms with Crippen LogP contribution in [0.3, 0.4) is 0 Å². The zero-order chi connectivity index (χ0) is 18.9. The molecule has 0 aliphatic heterocycles. The van der Waals surface area contributed by atoms with Crippen LogP contribution in [0.15, 0.2) is 47.4 Å². The lowest BCUT2D eigenvalue weighted by Gasteiger charge is -2.08. The smallest absolute Gasteiger partial charge is 0.253 e. The Morgan fingerprint density at radius 2 is 1.81 bits per heavy atom. The maximum Gasteiger partial charge on any atom is 0.253 e. The lowest BCUT2D eigenvalue weighted by Crippen LogP contribution is -2.29. The maximum atomic E-state index is 12.9. The monoisotopic (exact) mass is 374 g/mol. The van der Waals surface area contributed by atoms with E-state index in [1.165, 1.54) is 12.1 Å². The van der Waals surface area contributed by atoms with Gasteiger partial charge in [0.05, 0.1) is 21.7 Å². The molecule has 0 aliphatic carbocycles. The molecule has 0 bridgehead atoms. The minimum absolute atomic E-state index is 0.0332. The molecule has 26 heavy (non-hydrogen) atoms. The number of amides is 1. The first kappa shape index (κ1) is 18.1. The van der Waals surface area contributed by atoms with Gasteiger partial charge in [-0.2, -0.15) is 0 Å². The van der Waals surface area contributed by atoms with Gasteiger partial charge in [0.1, 0.15) is 5.82 Å². The molecule has 0 spiro atoms. The van der Waals surface area contributed by atoms with Crippen LogP contribution in [0.5, 0.6) is 0 Å². The highest BCUT2D eigenvalue weighted by Gasteiger charge is 2.17. The van der Waals surface area contributed by atoms with Gasteiger partial charge < -0.3 is 10.3 Å². The van der Waals surface area contributed by atoms with Crippen LogP contribution in [0.25, 0.3) is 10.9 Å². The number of aryl methyl sites for hydroxylation is 2. The van der Waals surface area contributed by atoms with E-state index >= 15 is 0 Å². The number of fused-ring (bicyclic) bond motifs is 1. The van der Waals surface area contributed by atoms with Crippen LogP contribution in [0, 0.1) is 19.7 Å². The van der Waals surface area contributed by atoms with Crippen molar-refractivity contribution in [3.05, 3.63) is 65.1 Å². The number of aromatic nitrogens is 1. The highest BCUT2D eigenvalue weighted by atomic mass is 32.2. The minimum Gasteiger partial charge on any atom is -0.358 e. The number of aromatic amines is 1. The van der Waals surface area contributed by atoms with Crippen molar-refractivity contribution in [2.24, 2.45) is 0 Å². The number of benzene rings is 2. The average Bonchev–Trinajstić information content (AvgIpc) is 2.89. The van der Waals surface area contributed by atoms with Crippen molar-refractivity contribution in [1.29, 1.82) is 0 Å². The quantitative estimate of drug-likeness (QED) is 0.674. The van der Waals surface area contributed by atoms with E-state index in [-0.39, 0.29) is 23.1 Å². The van der Waals surface area contributed by atoms with Gasteiger partial charge in [-0.3, -0.25) is 4.79 Å². The van der Waals surface area contributed by atoms with Gasteiger partial charge in [0, 0.05) is 17.6 Å². The van der Waals surface area contributed by atoms with E-state index in [1.54, 1.807) is 12.1 Å². The summed E-state index contributed by atoms with van der Waals surface area (Å²) in [5.41, 5.74) is 3.27. The summed E-state index contributed by atoms with van der Waals surface area (Å²) in [6, 6.07) is 10.1. The summed E-state index contributed by atoms with van der Waals surface area (Å²) in [7, 11) is -3.59. The summed E-state index contributed by atoms with van der Waals surface area (Å²) in [5.74, 6) is -1.10. The SMILES string of the molecule is Cc1[nH]c2c(C(=O)NCCS(=O)(=O)c3ccc(F)cc3)cccc2c1C. The van der Waals surface area contributed by atoms with E-state index in [0.717, 1.165) is 34.3 Å². The van der Waals surface area contributed by atoms with E-state index < -0.39 is 15.7 Å². The molecule has 0 atom stereocenters. The van der Waals surface area contributed by atoms with Gasteiger partial charge in [0.2, 0.25) is 0 Å². The molecule has 7 heteroatoms. The Morgan fingerprint density at radius 3 is 2.50 bits per heavy atom. The summed E-state index contributed by atoms with van der Waals surface area (Å²) in [5, 5.41) is 3.61. The lowest BCUT2D eigenvalue weighted by atomic mass is 10.1. The van der Waals surface area contributed by atoms with Gasteiger partial charge in [0.25, 0.3) is 5.91 Å². The third-order valence-electron chi connectivity index (χ3n) is 4.42. The molecular formula is C19H19FN2O3S. The third kappa shape index (κ3) is 3.48. The van der Waals surface area contributed by atoms with Crippen LogP contribution < -0.4 is 5.32 Å². The number of rotatable bonds is 5. The Labute approximate surface area is 151 Å². The molecule has 1 heterocycles. The fourth-order valence-corrected chi connectivity index (χ4v) is 3.98. The lowest BCUT2D eigenvalue weighted by molar-refractivity contribution is 0.0957. The fraction of sp³-hybridized carbons (Fsp3) is 0.211. The molecule has 0 radical (unpaired) electrons. The van der Waals surface area contributed by atoms with E-state index in [9.17, 15) is 17.6 Å². The number of para-hydroxylation sites is 1. The Morgan fingerprint density at radius 1 is 1.12 bits per heavy atom. The van der Waals surface area contributed by atoms with Crippen LogP contribution in [-0.4, -0.2) is 31.6 Å². The first-order valence-corrected chi connectivity index (χ1v) is 9.79. The highest BCUT2D eigenvalue weighted by molar-refractivity contribution is 7.91. The van der Waals surface area contributed by atoms with Crippen LogP contribution in [0.1, 0.15) is 21.6 Å². The number of hydrogen-bond acceptors (Lipinski definition) is 3. The molecule has 0 saturated heterocycles. The van der Waals surface area contributed by atoms with Gasteiger partial charge in [-0.15, -0.1) is 0 Å². The van der Waals surface area contributed by atoms with E-state index in [0.29, 0.717) is 5.56 Å². The van der Waals surface area contributed by atoms with Crippen molar-refractivity contribution in [3.63, 3.8) is 0 Å². The molecule has 0 fully saturated rings. The Hall–Kier alpha value is -2.67. The molecule has 3 aromatic rings. The zero-order valence-corrected chi connectivity index (χ0v) is 15.3. The number of halogens is 1. The highest BCUT2D eigenvalue weighted by Crippen LogP contribution is 2.24. The van der Waals surface area contributed by atoms with Crippen LogP contribution in [-0.2, 0) is 9.84 Å². The van der Waals surface area contributed by atoms with E-state index in [4.69, 9.17) is 0 Å². The van der Waals surface area contributed by atoms with Gasteiger partial charge in [0.15, 0.2) is 9.84 Å². The molecule has 5 nitrogen and oxygen atoms in total. The van der Waals surface area contributed by atoms with Crippen LogP contribution in [0.4, 0.5) is 4.39 Å². The van der Waals surface area contributed by atoms with Gasteiger partial charge in [-0.05, 0) is 49.7 Å². The van der Waals surface area contributed by atoms with Gasteiger partial charge in [-0.25, -0.2) is 12.8 Å². The second kappa shape index (κ2) is 6.92. The summed E-state index contributed by atoms with van der Waals surface area (Å²) >= 11 is 0. The summed E-state index contributed by atoms with van der Waals surface area (Å²) < 4.78 is 37.4. The molecule has 0 saturated carbocycles. The Bertz CT molecular complexity index is 1070. The second-order valence-electron chi connectivity index (χ2n) is 6.13. The van der Waals surface area contributed by atoms with Crippen LogP contribution >= 0.6 is 0 Å². The summed E-state index contributed by atoms with van der Waals surface area (Å²) in [4.78, 5) is 15.7. The number of hydrogen-bond donors (Lipinski definition) is 2. The average molecular weight is 374 g/mol. The van der Waals surface area contributed by atoms with E-state index in [2.05, 4.69) is 10.3 Å². The molecule has 1 amide bonds. The van der Waals surface area contributed by atoms with Crippen molar-refractivity contribution in [3.8, 4) is 0 Å². The number of carbonyl (C=O) groups excluding carboxylic acids is 1. The molecule has 136 valence electrons. The first-order valence-electron chi connectivity index (χ1n) is 8.14. The molecule has 1 aromatic heterocycles. The first-order chi connectivity index (χ1) is 12.3. The van der Waals surface area contributed by atoms with Gasteiger partial charge in [-0.1, -0.05) is 12.1 Å².